The second-order valence-electron chi connectivity index (χ2n) is 7.85. The van der Waals surface area contributed by atoms with Gasteiger partial charge in [-0.1, -0.05) is 6.42 Å². The first-order valence-electron chi connectivity index (χ1n) is 9.88. The van der Waals surface area contributed by atoms with Crippen LogP contribution in [0.1, 0.15) is 60.3 Å². The SMILES string of the molecule is Cc1ccsc1CN1CCC(n2c(C3CCC3)nc3cccnc32)CC1. The molecule has 0 N–H and O–H groups in total. The molecule has 1 aliphatic carbocycles. The number of hydrogen-bond donors (Lipinski definition) is 0. The summed E-state index contributed by atoms with van der Waals surface area (Å²) in [6.45, 7) is 5.67. The van der Waals surface area contributed by atoms with Crippen LogP contribution in [0.4, 0.5) is 0 Å². The van der Waals surface area contributed by atoms with Crippen molar-refractivity contribution in [3.8, 4) is 0 Å². The molecule has 4 nitrogen and oxygen atoms in total. The Morgan fingerprint density at radius 2 is 2.00 bits per heavy atom. The maximum atomic E-state index is 4.99. The Morgan fingerprint density at radius 1 is 1.15 bits per heavy atom. The highest BCUT2D eigenvalue weighted by molar-refractivity contribution is 7.10. The standard InChI is InChI=1S/C21H26N4S/c1-15-9-13-26-19(15)14-24-11-7-17(8-12-24)25-20(16-4-2-5-16)23-18-6-3-10-22-21(18)25/h3,6,9-10,13,16-17H,2,4-5,7-8,11-12,14H2,1H3. The fourth-order valence-corrected chi connectivity index (χ4v) is 5.31. The molecule has 0 radical (unpaired) electrons. The molecule has 5 heteroatoms. The van der Waals surface area contributed by atoms with E-state index in [2.05, 4.69) is 33.9 Å². The summed E-state index contributed by atoms with van der Waals surface area (Å²) >= 11 is 1.89. The molecule has 136 valence electrons. The molecule has 0 aromatic carbocycles. The summed E-state index contributed by atoms with van der Waals surface area (Å²) in [5, 5.41) is 2.21. The minimum Gasteiger partial charge on any atom is -0.309 e. The summed E-state index contributed by atoms with van der Waals surface area (Å²) in [4.78, 5) is 13.8. The van der Waals surface area contributed by atoms with Gasteiger partial charge >= 0.3 is 0 Å². The number of rotatable bonds is 4. The summed E-state index contributed by atoms with van der Waals surface area (Å²) in [5.74, 6) is 1.95. The Hall–Kier alpha value is -1.72. The van der Waals surface area contributed by atoms with E-state index in [0.717, 1.165) is 17.7 Å². The zero-order chi connectivity index (χ0) is 17.5. The van der Waals surface area contributed by atoms with Gasteiger partial charge in [-0.25, -0.2) is 9.97 Å². The third-order valence-electron chi connectivity index (χ3n) is 6.20. The van der Waals surface area contributed by atoms with Gasteiger partial charge in [-0.05, 0) is 61.7 Å². The Labute approximate surface area is 158 Å². The van der Waals surface area contributed by atoms with Crippen molar-refractivity contribution in [1.29, 1.82) is 0 Å². The van der Waals surface area contributed by atoms with Gasteiger partial charge in [0, 0.05) is 42.7 Å². The van der Waals surface area contributed by atoms with E-state index in [1.807, 2.05) is 23.6 Å². The number of aromatic nitrogens is 3. The second-order valence-corrected chi connectivity index (χ2v) is 8.85. The summed E-state index contributed by atoms with van der Waals surface area (Å²) in [6.07, 6.45) is 8.25. The quantitative estimate of drug-likeness (QED) is 0.658. The lowest BCUT2D eigenvalue weighted by molar-refractivity contribution is 0.178. The van der Waals surface area contributed by atoms with Gasteiger partial charge < -0.3 is 4.57 Å². The summed E-state index contributed by atoms with van der Waals surface area (Å²) in [5.41, 5.74) is 3.61. The molecule has 0 amide bonds. The topological polar surface area (TPSA) is 34.0 Å². The van der Waals surface area contributed by atoms with Gasteiger partial charge in [0.2, 0.25) is 0 Å². The average Bonchev–Trinajstić information content (AvgIpc) is 3.18. The molecule has 0 spiro atoms. The van der Waals surface area contributed by atoms with Crippen LogP contribution >= 0.6 is 11.3 Å². The number of pyridine rings is 1. The molecular weight excluding hydrogens is 340 g/mol. The second kappa shape index (κ2) is 6.78. The van der Waals surface area contributed by atoms with Crippen molar-refractivity contribution in [3.05, 3.63) is 46.0 Å². The number of imidazole rings is 1. The van der Waals surface area contributed by atoms with Gasteiger partial charge in [0.1, 0.15) is 11.3 Å². The summed E-state index contributed by atoms with van der Waals surface area (Å²) in [7, 11) is 0. The molecule has 0 unspecified atom stereocenters. The largest absolute Gasteiger partial charge is 0.309 e. The molecule has 2 aliphatic rings. The first-order valence-corrected chi connectivity index (χ1v) is 10.8. The van der Waals surface area contributed by atoms with E-state index in [9.17, 15) is 0 Å². The van der Waals surface area contributed by atoms with Crippen molar-refractivity contribution in [2.45, 2.75) is 57.5 Å². The van der Waals surface area contributed by atoms with Crippen LogP contribution in [0.25, 0.3) is 11.2 Å². The van der Waals surface area contributed by atoms with Crippen LogP contribution in [0.5, 0.6) is 0 Å². The minimum absolute atomic E-state index is 0.547. The predicted molar refractivity (Wildman–Crippen MR) is 107 cm³/mol. The van der Waals surface area contributed by atoms with E-state index in [1.54, 1.807) is 0 Å². The van der Waals surface area contributed by atoms with Gasteiger partial charge in [-0.3, -0.25) is 4.90 Å². The van der Waals surface area contributed by atoms with E-state index >= 15 is 0 Å². The van der Waals surface area contributed by atoms with Crippen molar-refractivity contribution in [2.75, 3.05) is 13.1 Å². The highest BCUT2D eigenvalue weighted by Gasteiger charge is 2.31. The zero-order valence-corrected chi connectivity index (χ0v) is 16.2. The number of hydrogen-bond acceptors (Lipinski definition) is 4. The Kier molecular flexibility index (Phi) is 4.29. The average molecular weight is 367 g/mol. The van der Waals surface area contributed by atoms with Crippen LogP contribution in [0.3, 0.4) is 0 Å². The van der Waals surface area contributed by atoms with E-state index in [0.29, 0.717) is 12.0 Å². The van der Waals surface area contributed by atoms with E-state index in [-0.39, 0.29) is 0 Å². The third-order valence-corrected chi connectivity index (χ3v) is 7.21. The van der Waals surface area contributed by atoms with Crippen molar-refractivity contribution in [3.63, 3.8) is 0 Å². The van der Waals surface area contributed by atoms with Crippen LogP contribution in [0.15, 0.2) is 29.8 Å². The normalized spacial score (nSPS) is 19.9. The van der Waals surface area contributed by atoms with Gasteiger partial charge in [0.25, 0.3) is 0 Å². The van der Waals surface area contributed by atoms with Crippen molar-refractivity contribution in [1.82, 2.24) is 19.4 Å². The first kappa shape index (κ1) is 16.5. The lowest BCUT2D eigenvalue weighted by atomic mass is 9.84. The molecule has 0 bridgehead atoms. The van der Waals surface area contributed by atoms with E-state index in [4.69, 9.17) is 9.97 Å². The van der Waals surface area contributed by atoms with Crippen LogP contribution in [0, 0.1) is 6.92 Å². The molecule has 5 rings (SSSR count). The molecule has 1 saturated heterocycles. The Morgan fingerprint density at radius 3 is 2.69 bits per heavy atom. The van der Waals surface area contributed by atoms with Crippen LogP contribution < -0.4 is 0 Å². The molecule has 3 aromatic rings. The summed E-state index contributed by atoms with van der Waals surface area (Å²) in [6, 6.07) is 6.92. The van der Waals surface area contributed by atoms with Crippen molar-refractivity contribution in [2.24, 2.45) is 0 Å². The molecule has 4 heterocycles. The number of fused-ring (bicyclic) bond motifs is 1. The van der Waals surface area contributed by atoms with E-state index < -0.39 is 0 Å². The first-order chi connectivity index (χ1) is 12.8. The minimum atomic E-state index is 0.547. The lowest BCUT2D eigenvalue weighted by Gasteiger charge is -2.35. The highest BCUT2D eigenvalue weighted by atomic mass is 32.1. The van der Waals surface area contributed by atoms with Gasteiger partial charge in [-0.2, -0.15) is 0 Å². The van der Waals surface area contributed by atoms with Crippen LogP contribution in [-0.4, -0.2) is 32.5 Å². The molecule has 0 atom stereocenters. The molecular formula is C21H26N4S. The number of thiophene rings is 1. The maximum Gasteiger partial charge on any atom is 0.160 e. The third kappa shape index (κ3) is 2.87. The molecule has 2 fully saturated rings. The van der Waals surface area contributed by atoms with Crippen molar-refractivity contribution >= 4 is 22.5 Å². The fraction of sp³-hybridized carbons (Fsp3) is 0.524. The van der Waals surface area contributed by atoms with Crippen molar-refractivity contribution < 1.29 is 0 Å². The lowest BCUT2D eigenvalue weighted by Crippen LogP contribution is -2.35. The maximum absolute atomic E-state index is 4.99. The molecule has 3 aromatic heterocycles. The van der Waals surface area contributed by atoms with E-state index in [1.165, 1.54) is 61.5 Å². The molecule has 26 heavy (non-hydrogen) atoms. The number of likely N-dealkylation sites (tertiary alicyclic amines) is 1. The fourth-order valence-electron chi connectivity index (χ4n) is 4.37. The zero-order valence-electron chi connectivity index (χ0n) is 15.4. The van der Waals surface area contributed by atoms with Gasteiger partial charge in [0.05, 0.1) is 0 Å². The van der Waals surface area contributed by atoms with Crippen LogP contribution in [-0.2, 0) is 6.54 Å². The summed E-state index contributed by atoms with van der Waals surface area (Å²) < 4.78 is 2.51. The predicted octanol–water partition coefficient (Wildman–Crippen LogP) is 4.91. The molecule has 1 saturated carbocycles. The number of piperidine rings is 1. The molecule has 1 aliphatic heterocycles. The monoisotopic (exact) mass is 366 g/mol. The Balaban J connectivity index is 1.37. The van der Waals surface area contributed by atoms with Gasteiger partial charge in [-0.15, -0.1) is 11.3 Å². The number of aryl methyl sites for hydroxylation is 1. The highest BCUT2D eigenvalue weighted by Crippen LogP contribution is 2.40. The number of nitrogens with zero attached hydrogens (tertiary/aromatic N) is 4. The Bertz CT molecular complexity index is 900. The van der Waals surface area contributed by atoms with Crippen LogP contribution in [0.2, 0.25) is 0 Å². The van der Waals surface area contributed by atoms with Gasteiger partial charge in [0.15, 0.2) is 5.65 Å². The smallest absolute Gasteiger partial charge is 0.160 e.